The van der Waals surface area contributed by atoms with Gasteiger partial charge >= 0.3 is 0 Å². The van der Waals surface area contributed by atoms with Crippen LogP contribution >= 0.6 is 0 Å². The van der Waals surface area contributed by atoms with Crippen LogP contribution in [-0.4, -0.2) is 54.3 Å². The Morgan fingerprint density at radius 3 is 2.84 bits per heavy atom. The second-order valence-corrected chi connectivity index (χ2v) is 4.68. The molecule has 2 rings (SSSR count). The fourth-order valence-electron chi connectivity index (χ4n) is 2.40. The summed E-state index contributed by atoms with van der Waals surface area (Å²) in [7, 11) is 0. The molecule has 1 saturated heterocycles. The molecule has 1 fully saturated rings. The average Bonchev–Trinajstić information content (AvgIpc) is 2.65. The summed E-state index contributed by atoms with van der Waals surface area (Å²) in [4.78, 5) is 14.8. The van der Waals surface area contributed by atoms with Crippen LogP contribution in [0.5, 0.6) is 0 Å². The van der Waals surface area contributed by atoms with Gasteiger partial charge in [0.2, 0.25) is 0 Å². The number of aliphatic hydroxyl groups is 1. The van der Waals surface area contributed by atoms with Crippen molar-refractivity contribution < 1.29 is 10.0 Å². The molecule has 1 aromatic carbocycles. The minimum absolute atomic E-state index is 0.133. The molecule has 0 unspecified atom stereocenters. The van der Waals surface area contributed by atoms with Crippen molar-refractivity contribution in [3.8, 4) is 0 Å². The SMILES string of the molecule is O=[N+]([O-])c1cccc(N2CCCN(CCO)CC2)c1. The third-order valence-electron chi connectivity index (χ3n) is 3.41. The van der Waals surface area contributed by atoms with Crippen LogP contribution in [0.25, 0.3) is 0 Å². The van der Waals surface area contributed by atoms with E-state index in [0.29, 0.717) is 6.54 Å². The van der Waals surface area contributed by atoms with Gasteiger partial charge in [0, 0.05) is 44.0 Å². The third kappa shape index (κ3) is 3.65. The number of non-ortho nitro benzene ring substituents is 1. The van der Waals surface area contributed by atoms with E-state index in [2.05, 4.69) is 9.80 Å². The summed E-state index contributed by atoms with van der Waals surface area (Å²) in [6.07, 6.45) is 1.00. The van der Waals surface area contributed by atoms with Crippen molar-refractivity contribution in [2.75, 3.05) is 44.2 Å². The van der Waals surface area contributed by atoms with Gasteiger partial charge in [-0.05, 0) is 19.0 Å². The largest absolute Gasteiger partial charge is 0.395 e. The first-order chi connectivity index (χ1) is 9.20. The Kier molecular flexibility index (Phi) is 4.70. The summed E-state index contributed by atoms with van der Waals surface area (Å²) in [5, 5.41) is 19.8. The maximum atomic E-state index is 10.8. The van der Waals surface area contributed by atoms with Crippen LogP contribution in [0, 0.1) is 10.1 Å². The van der Waals surface area contributed by atoms with Gasteiger partial charge < -0.3 is 10.0 Å². The second-order valence-electron chi connectivity index (χ2n) is 4.68. The lowest BCUT2D eigenvalue weighted by Gasteiger charge is -2.23. The number of aliphatic hydroxyl groups excluding tert-OH is 1. The Morgan fingerprint density at radius 2 is 2.11 bits per heavy atom. The molecule has 1 heterocycles. The summed E-state index contributed by atoms with van der Waals surface area (Å²) >= 11 is 0. The van der Waals surface area contributed by atoms with Gasteiger partial charge in [-0.1, -0.05) is 6.07 Å². The molecule has 0 atom stereocenters. The molecule has 6 heteroatoms. The lowest BCUT2D eigenvalue weighted by atomic mass is 10.2. The van der Waals surface area contributed by atoms with E-state index >= 15 is 0 Å². The summed E-state index contributed by atoms with van der Waals surface area (Å²) in [6, 6.07) is 6.78. The van der Waals surface area contributed by atoms with Crippen molar-refractivity contribution in [1.29, 1.82) is 0 Å². The molecule has 1 aromatic rings. The van der Waals surface area contributed by atoms with Crippen LogP contribution in [0.3, 0.4) is 0 Å². The Morgan fingerprint density at radius 1 is 1.26 bits per heavy atom. The number of anilines is 1. The average molecular weight is 265 g/mol. The Hall–Kier alpha value is -1.66. The van der Waals surface area contributed by atoms with Gasteiger partial charge in [0.15, 0.2) is 0 Å². The van der Waals surface area contributed by atoms with E-state index in [1.54, 1.807) is 12.1 Å². The van der Waals surface area contributed by atoms with E-state index in [4.69, 9.17) is 5.11 Å². The van der Waals surface area contributed by atoms with Gasteiger partial charge in [-0.3, -0.25) is 15.0 Å². The molecular weight excluding hydrogens is 246 g/mol. The van der Waals surface area contributed by atoms with Crippen molar-refractivity contribution in [3.05, 3.63) is 34.4 Å². The van der Waals surface area contributed by atoms with Crippen molar-refractivity contribution in [3.63, 3.8) is 0 Å². The minimum Gasteiger partial charge on any atom is -0.395 e. The van der Waals surface area contributed by atoms with Crippen molar-refractivity contribution >= 4 is 11.4 Å². The second kappa shape index (κ2) is 6.49. The molecule has 1 aliphatic heterocycles. The van der Waals surface area contributed by atoms with Gasteiger partial charge in [0.25, 0.3) is 5.69 Å². The number of hydrogen-bond donors (Lipinski definition) is 1. The predicted octanol–water partition coefficient (Wildman–Crippen LogP) is 1.10. The van der Waals surface area contributed by atoms with Crippen molar-refractivity contribution in [2.24, 2.45) is 0 Å². The first-order valence-corrected chi connectivity index (χ1v) is 6.53. The molecule has 19 heavy (non-hydrogen) atoms. The molecule has 104 valence electrons. The van der Waals surface area contributed by atoms with E-state index in [1.165, 1.54) is 6.07 Å². The summed E-state index contributed by atoms with van der Waals surface area (Å²) in [5.74, 6) is 0. The van der Waals surface area contributed by atoms with Crippen LogP contribution in [0.15, 0.2) is 24.3 Å². The Labute approximate surface area is 112 Å². The number of nitro groups is 1. The third-order valence-corrected chi connectivity index (χ3v) is 3.41. The quantitative estimate of drug-likeness (QED) is 0.652. The monoisotopic (exact) mass is 265 g/mol. The van der Waals surface area contributed by atoms with Crippen LogP contribution in [0.1, 0.15) is 6.42 Å². The smallest absolute Gasteiger partial charge is 0.271 e. The molecule has 0 saturated carbocycles. The molecule has 0 bridgehead atoms. The van der Waals surface area contributed by atoms with Gasteiger partial charge in [0.05, 0.1) is 11.5 Å². The lowest BCUT2D eigenvalue weighted by Crippen LogP contribution is -2.32. The fourth-order valence-corrected chi connectivity index (χ4v) is 2.40. The summed E-state index contributed by atoms with van der Waals surface area (Å²) < 4.78 is 0. The Bertz CT molecular complexity index is 439. The molecule has 0 aromatic heterocycles. The van der Waals surface area contributed by atoms with Crippen LogP contribution in [0.2, 0.25) is 0 Å². The molecule has 0 spiro atoms. The first-order valence-electron chi connectivity index (χ1n) is 6.53. The molecule has 6 nitrogen and oxygen atoms in total. The van der Waals surface area contributed by atoms with Gasteiger partial charge in [0.1, 0.15) is 0 Å². The zero-order chi connectivity index (χ0) is 13.7. The highest BCUT2D eigenvalue weighted by Crippen LogP contribution is 2.22. The van der Waals surface area contributed by atoms with Crippen molar-refractivity contribution in [2.45, 2.75) is 6.42 Å². The van der Waals surface area contributed by atoms with Crippen molar-refractivity contribution in [1.82, 2.24) is 4.90 Å². The topological polar surface area (TPSA) is 69.9 Å². The molecular formula is C13H19N3O3. The van der Waals surface area contributed by atoms with E-state index < -0.39 is 0 Å². The molecule has 0 radical (unpaired) electrons. The van der Waals surface area contributed by atoms with E-state index in [9.17, 15) is 10.1 Å². The van der Waals surface area contributed by atoms with E-state index in [1.807, 2.05) is 6.07 Å². The zero-order valence-corrected chi connectivity index (χ0v) is 10.9. The predicted molar refractivity (Wildman–Crippen MR) is 73.5 cm³/mol. The highest BCUT2D eigenvalue weighted by atomic mass is 16.6. The fraction of sp³-hybridized carbons (Fsp3) is 0.538. The number of hydrogen-bond acceptors (Lipinski definition) is 5. The standard InChI is InChI=1S/C13H19N3O3/c17-10-9-14-5-2-6-15(8-7-14)12-3-1-4-13(11-12)16(18)19/h1,3-4,11,17H,2,5-10H2. The maximum Gasteiger partial charge on any atom is 0.271 e. The lowest BCUT2D eigenvalue weighted by molar-refractivity contribution is -0.384. The number of benzene rings is 1. The summed E-state index contributed by atoms with van der Waals surface area (Å²) in [5.41, 5.74) is 1.04. The van der Waals surface area contributed by atoms with Gasteiger partial charge in [-0.15, -0.1) is 0 Å². The number of β-amino-alcohol motifs (C(OH)–C–C–N with tert-alkyl or cyclic N) is 1. The van der Waals surface area contributed by atoms with E-state index in [-0.39, 0.29) is 17.2 Å². The highest BCUT2D eigenvalue weighted by Gasteiger charge is 2.16. The zero-order valence-electron chi connectivity index (χ0n) is 10.9. The summed E-state index contributed by atoms with van der Waals surface area (Å²) in [6.45, 7) is 4.44. The molecule has 1 N–H and O–H groups in total. The molecule has 1 aliphatic rings. The number of nitro benzene ring substituents is 1. The number of rotatable bonds is 4. The van der Waals surface area contributed by atoms with Crippen LogP contribution in [-0.2, 0) is 0 Å². The van der Waals surface area contributed by atoms with Crippen LogP contribution in [0.4, 0.5) is 11.4 Å². The van der Waals surface area contributed by atoms with Gasteiger partial charge in [-0.2, -0.15) is 0 Å². The highest BCUT2D eigenvalue weighted by molar-refractivity contribution is 5.53. The first kappa shape index (κ1) is 13.8. The molecule has 0 aliphatic carbocycles. The number of nitrogens with zero attached hydrogens (tertiary/aromatic N) is 3. The van der Waals surface area contributed by atoms with Gasteiger partial charge in [-0.25, -0.2) is 0 Å². The minimum atomic E-state index is -0.362. The maximum absolute atomic E-state index is 10.8. The Balaban J connectivity index is 2.05. The van der Waals surface area contributed by atoms with Crippen LogP contribution < -0.4 is 4.90 Å². The van der Waals surface area contributed by atoms with E-state index in [0.717, 1.165) is 38.3 Å². The molecule has 0 amide bonds. The normalized spacial score (nSPS) is 17.2.